The highest BCUT2D eigenvalue weighted by molar-refractivity contribution is 7.99. The van der Waals surface area contributed by atoms with E-state index in [9.17, 15) is 9.18 Å². The van der Waals surface area contributed by atoms with Crippen molar-refractivity contribution in [1.29, 1.82) is 0 Å². The minimum absolute atomic E-state index is 0.0291. The number of anilines is 1. The highest BCUT2D eigenvalue weighted by Gasteiger charge is 2.21. The lowest BCUT2D eigenvalue weighted by atomic mass is 10.2. The van der Waals surface area contributed by atoms with Gasteiger partial charge in [0.1, 0.15) is 5.82 Å². The van der Waals surface area contributed by atoms with E-state index < -0.39 is 0 Å². The Kier molecular flexibility index (Phi) is 7.45. The fourth-order valence-electron chi connectivity index (χ4n) is 3.31. The molecule has 164 valence electrons. The topological polar surface area (TPSA) is 33.2 Å². The molecule has 0 unspecified atom stereocenters. The average Bonchev–Trinajstić information content (AvgIpc) is 3.26. The lowest BCUT2D eigenvalue weighted by molar-refractivity contribution is -0.118. The molecule has 0 spiro atoms. The third kappa shape index (κ3) is 5.49. The van der Waals surface area contributed by atoms with Gasteiger partial charge in [0.15, 0.2) is 5.13 Å². The standard InChI is InChI=1S/C25H22ClFN2OS2/c1-17-9-14-21(26)24-23(17)28-25(32-24)29(16-18-6-3-2-4-7-18)22(30)8-5-15-31-20-12-10-19(27)11-13-20/h2-4,6-7,9-14H,5,8,15-16H2,1H3. The molecule has 0 bridgehead atoms. The monoisotopic (exact) mass is 484 g/mol. The van der Waals surface area contributed by atoms with E-state index in [1.54, 1.807) is 28.8 Å². The van der Waals surface area contributed by atoms with Crippen LogP contribution in [0.25, 0.3) is 10.2 Å². The maximum atomic E-state index is 13.3. The number of hydrogen-bond donors (Lipinski definition) is 0. The molecule has 1 aromatic heterocycles. The third-order valence-electron chi connectivity index (χ3n) is 5.02. The van der Waals surface area contributed by atoms with Crippen molar-refractivity contribution in [2.45, 2.75) is 31.2 Å². The fourth-order valence-corrected chi connectivity index (χ4v) is 5.50. The van der Waals surface area contributed by atoms with Gasteiger partial charge in [0.25, 0.3) is 0 Å². The predicted octanol–water partition coefficient (Wildman–Crippen LogP) is 7.50. The van der Waals surface area contributed by atoms with Crippen molar-refractivity contribution in [3.05, 3.63) is 88.7 Å². The van der Waals surface area contributed by atoms with Crippen LogP contribution in [-0.4, -0.2) is 16.6 Å². The summed E-state index contributed by atoms with van der Waals surface area (Å²) in [4.78, 5) is 20.8. The number of aryl methyl sites for hydroxylation is 1. The van der Waals surface area contributed by atoms with Crippen LogP contribution in [0.5, 0.6) is 0 Å². The summed E-state index contributed by atoms with van der Waals surface area (Å²) in [7, 11) is 0. The number of rotatable bonds is 8. The van der Waals surface area contributed by atoms with Crippen LogP contribution in [0, 0.1) is 12.7 Å². The molecule has 1 amide bonds. The third-order valence-corrected chi connectivity index (χ3v) is 7.66. The molecular formula is C25H22ClFN2OS2. The Morgan fingerprint density at radius 3 is 2.56 bits per heavy atom. The second kappa shape index (κ2) is 10.5. The molecule has 32 heavy (non-hydrogen) atoms. The minimum Gasteiger partial charge on any atom is -0.284 e. The Bertz CT molecular complexity index is 1170. The van der Waals surface area contributed by atoms with Crippen LogP contribution in [0.1, 0.15) is 24.0 Å². The molecule has 3 aromatic carbocycles. The summed E-state index contributed by atoms with van der Waals surface area (Å²) in [5, 5.41) is 1.31. The van der Waals surface area contributed by atoms with Crippen molar-refractivity contribution in [3.8, 4) is 0 Å². The molecule has 0 saturated heterocycles. The van der Waals surface area contributed by atoms with Gasteiger partial charge in [-0.2, -0.15) is 0 Å². The number of hydrogen-bond acceptors (Lipinski definition) is 4. The molecule has 0 aliphatic rings. The second-order valence-corrected chi connectivity index (χ2v) is 9.96. The number of fused-ring (bicyclic) bond motifs is 1. The number of nitrogens with zero attached hydrogens (tertiary/aromatic N) is 2. The van der Waals surface area contributed by atoms with E-state index in [0.29, 0.717) is 23.1 Å². The zero-order valence-corrected chi connectivity index (χ0v) is 19.9. The van der Waals surface area contributed by atoms with Crippen molar-refractivity contribution in [1.82, 2.24) is 4.98 Å². The highest BCUT2D eigenvalue weighted by Crippen LogP contribution is 2.36. The van der Waals surface area contributed by atoms with Crippen LogP contribution in [0.3, 0.4) is 0 Å². The molecular weight excluding hydrogens is 463 g/mol. The summed E-state index contributed by atoms with van der Waals surface area (Å²) in [5.41, 5.74) is 2.92. The molecule has 0 aliphatic carbocycles. The SMILES string of the molecule is Cc1ccc(Cl)c2sc(N(Cc3ccccc3)C(=O)CCCSc3ccc(F)cc3)nc12. The normalized spacial score (nSPS) is 11.1. The molecule has 1 heterocycles. The zero-order chi connectivity index (χ0) is 22.5. The molecule has 0 radical (unpaired) electrons. The fraction of sp³-hybridized carbons (Fsp3) is 0.200. The number of benzene rings is 3. The molecule has 4 aromatic rings. The maximum absolute atomic E-state index is 13.3. The van der Waals surface area contributed by atoms with E-state index in [1.165, 1.54) is 23.5 Å². The van der Waals surface area contributed by atoms with Crippen molar-refractivity contribution in [2.75, 3.05) is 10.7 Å². The number of aromatic nitrogens is 1. The number of carbonyl (C=O) groups excluding carboxylic acids is 1. The van der Waals surface area contributed by atoms with Crippen molar-refractivity contribution in [2.24, 2.45) is 0 Å². The maximum Gasteiger partial charge on any atom is 0.229 e. The number of carbonyl (C=O) groups is 1. The van der Waals surface area contributed by atoms with E-state index >= 15 is 0 Å². The Morgan fingerprint density at radius 1 is 1.09 bits per heavy atom. The largest absolute Gasteiger partial charge is 0.284 e. The van der Waals surface area contributed by atoms with Crippen LogP contribution >= 0.6 is 34.7 Å². The van der Waals surface area contributed by atoms with Crippen LogP contribution in [0.2, 0.25) is 5.02 Å². The minimum atomic E-state index is -0.243. The lowest BCUT2D eigenvalue weighted by Crippen LogP contribution is -2.30. The van der Waals surface area contributed by atoms with Crippen LogP contribution in [0.15, 0.2) is 71.6 Å². The van der Waals surface area contributed by atoms with E-state index in [1.807, 2.05) is 49.4 Å². The summed E-state index contributed by atoms with van der Waals surface area (Å²) in [6, 6.07) is 20.2. The number of amides is 1. The average molecular weight is 485 g/mol. The van der Waals surface area contributed by atoms with Gasteiger partial charge in [-0.15, -0.1) is 11.8 Å². The first-order valence-corrected chi connectivity index (χ1v) is 12.5. The summed E-state index contributed by atoms with van der Waals surface area (Å²) in [6.07, 6.45) is 1.13. The predicted molar refractivity (Wildman–Crippen MR) is 133 cm³/mol. The van der Waals surface area contributed by atoms with Crippen molar-refractivity contribution in [3.63, 3.8) is 0 Å². The molecule has 4 rings (SSSR count). The van der Waals surface area contributed by atoms with Gasteiger partial charge in [-0.05, 0) is 60.6 Å². The molecule has 3 nitrogen and oxygen atoms in total. The van der Waals surface area contributed by atoms with E-state index in [-0.39, 0.29) is 11.7 Å². The van der Waals surface area contributed by atoms with Gasteiger partial charge >= 0.3 is 0 Å². The summed E-state index contributed by atoms with van der Waals surface area (Å²) in [6.45, 7) is 2.46. The van der Waals surface area contributed by atoms with Gasteiger partial charge in [-0.25, -0.2) is 9.37 Å². The van der Waals surface area contributed by atoms with E-state index in [4.69, 9.17) is 16.6 Å². The smallest absolute Gasteiger partial charge is 0.229 e. The van der Waals surface area contributed by atoms with Gasteiger partial charge < -0.3 is 0 Å². The van der Waals surface area contributed by atoms with Gasteiger partial charge in [-0.3, -0.25) is 9.69 Å². The summed E-state index contributed by atoms with van der Waals surface area (Å²) >= 11 is 9.47. The zero-order valence-electron chi connectivity index (χ0n) is 17.6. The van der Waals surface area contributed by atoms with Crippen LogP contribution < -0.4 is 4.90 Å². The Balaban J connectivity index is 1.50. The van der Waals surface area contributed by atoms with Crippen molar-refractivity contribution < 1.29 is 9.18 Å². The Hall–Kier alpha value is -2.41. The van der Waals surface area contributed by atoms with E-state index in [2.05, 4.69) is 0 Å². The molecule has 7 heteroatoms. The van der Waals surface area contributed by atoms with Gasteiger partial charge in [0.05, 0.1) is 21.8 Å². The summed E-state index contributed by atoms with van der Waals surface area (Å²) in [5.74, 6) is 0.565. The summed E-state index contributed by atoms with van der Waals surface area (Å²) < 4.78 is 14.0. The van der Waals surface area contributed by atoms with Gasteiger partial charge in [0.2, 0.25) is 5.91 Å². The van der Waals surface area contributed by atoms with Crippen molar-refractivity contribution >= 4 is 56.0 Å². The molecule has 0 aliphatic heterocycles. The lowest BCUT2D eigenvalue weighted by Gasteiger charge is -2.20. The second-order valence-electron chi connectivity index (χ2n) is 7.41. The number of halogens is 2. The first-order chi connectivity index (χ1) is 15.5. The number of thioether (sulfide) groups is 1. The van der Waals surface area contributed by atoms with Gasteiger partial charge in [0, 0.05) is 11.3 Å². The van der Waals surface area contributed by atoms with Gasteiger partial charge in [-0.1, -0.05) is 59.3 Å². The quantitative estimate of drug-likeness (QED) is 0.192. The van der Waals surface area contributed by atoms with Crippen LogP contribution in [-0.2, 0) is 11.3 Å². The molecule has 0 fully saturated rings. The number of thiazole rings is 1. The Labute approximate surface area is 200 Å². The molecule has 0 N–H and O–H groups in total. The molecule has 0 saturated carbocycles. The first-order valence-electron chi connectivity index (χ1n) is 10.3. The van der Waals surface area contributed by atoms with E-state index in [0.717, 1.165) is 38.4 Å². The molecule has 0 atom stereocenters. The van der Waals surface area contributed by atoms with Crippen LogP contribution in [0.4, 0.5) is 9.52 Å². The Morgan fingerprint density at radius 2 is 1.84 bits per heavy atom. The first kappa shape index (κ1) is 22.8. The highest BCUT2D eigenvalue weighted by atomic mass is 35.5.